The molecule has 1 rings (SSSR count). The van der Waals surface area contributed by atoms with Crippen LogP contribution in [0.15, 0.2) is 0 Å². The van der Waals surface area contributed by atoms with Crippen LogP contribution in [0, 0.1) is 0 Å². The van der Waals surface area contributed by atoms with Gasteiger partial charge in [-0.2, -0.15) is 0 Å². The minimum atomic E-state index is -3.00. The Morgan fingerprint density at radius 3 is 2.53 bits per heavy atom. The quantitative estimate of drug-likeness (QED) is 0.705. The fraction of sp³-hybridized carbons (Fsp3) is 0.889. The van der Waals surface area contributed by atoms with Gasteiger partial charge in [0.2, 0.25) is 0 Å². The summed E-state index contributed by atoms with van der Waals surface area (Å²) in [5.41, 5.74) is -0.620. The predicted molar refractivity (Wildman–Crippen MR) is 56.5 cm³/mol. The Morgan fingerprint density at radius 2 is 2.13 bits per heavy atom. The van der Waals surface area contributed by atoms with Gasteiger partial charge in [0.1, 0.15) is 0 Å². The third kappa shape index (κ3) is 2.62. The molecule has 0 aromatic heterocycles. The second kappa shape index (κ2) is 4.00. The molecule has 5 nitrogen and oxygen atoms in total. The second-order valence-electron chi connectivity index (χ2n) is 4.10. The Hall–Kier alpha value is -0.780. The Kier molecular flexibility index (Phi) is 3.28. The van der Waals surface area contributed by atoms with Crippen molar-refractivity contribution in [1.82, 2.24) is 4.90 Å². The third-order valence-corrected chi connectivity index (χ3v) is 4.72. The maximum atomic E-state index is 11.5. The van der Waals surface area contributed by atoms with Crippen molar-refractivity contribution in [2.45, 2.75) is 25.8 Å². The number of hydrogen-bond donors (Lipinski definition) is 0. The standard InChI is InChI=1S/C9H17NO4S/c1-4-14-8(11)10(3)9(2)5-6-15(12,13)7-9/h4-7H2,1-3H3. The molecule has 6 heteroatoms. The van der Waals surface area contributed by atoms with Gasteiger partial charge in [-0.15, -0.1) is 0 Å². The summed E-state index contributed by atoms with van der Waals surface area (Å²) in [6, 6.07) is 0. The molecule has 1 fully saturated rings. The zero-order valence-corrected chi connectivity index (χ0v) is 10.1. The van der Waals surface area contributed by atoms with Crippen LogP contribution < -0.4 is 0 Å². The van der Waals surface area contributed by atoms with E-state index in [2.05, 4.69) is 0 Å². The Bertz CT molecular complexity index is 351. The van der Waals surface area contributed by atoms with E-state index in [1.54, 1.807) is 20.9 Å². The number of carbonyl (C=O) groups excluding carboxylic acids is 1. The number of hydrogen-bond acceptors (Lipinski definition) is 4. The molecule has 1 aliphatic heterocycles. The third-order valence-electron chi connectivity index (χ3n) is 2.83. The van der Waals surface area contributed by atoms with Gasteiger partial charge in [-0.1, -0.05) is 0 Å². The van der Waals surface area contributed by atoms with Crippen LogP contribution in [0.5, 0.6) is 0 Å². The first-order valence-electron chi connectivity index (χ1n) is 4.92. The molecular formula is C9H17NO4S. The Labute approximate surface area is 90.3 Å². The first-order chi connectivity index (χ1) is 6.81. The molecule has 0 radical (unpaired) electrons. The summed E-state index contributed by atoms with van der Waals surface area (Å²) < 4.78 is 27.5. The molecule has 1 saturated heterocycles. The zero-order valence-electron chi connectivity index (χ0n) is 9.32. The maximum absolute atomic E-state index is 11.5. The molecule has 0 N–H and O–H groups in total. The second-order valence-corrected chi connectivity index (χ2v) is 6.28. The molecule has 0 aromatic carbocycles. The van der Waals surface area contributed by atoms with Crippen molar-refractivity contribution in [3.05, 3.63) is 0 Å². The fourth-order valence-corrected chi connectivity index (χ4v) is 3.88. The summed E-state index contributed by atoms with van der Waals surface area (Å²) in [6.45, 7) is 3.79. The van der Waals surface area contributed by atoms with Gasteiger partial charge in [-0.25, -0.2) is 13.2 Å². The molecule has 0 aromatic rings. The number of carbonyl (C=O) groups is 1. The predicted octanol–water partition coefficient (Wildman–Crippen LogP) is 0.652. The van der Waals surface area contributed by atoms with Crippen molar-refractivity contribution >= 4 is 15.9 Å². The van der Waals surface area contributed by atoms with E-state index in [4.69, 9.17) is 4.74 Å². The molecule has 0 aliphatic carbocycles. The molecule has 1 heterocycles. The van der Waals surface area contributed by atoms with E-state index >= 15 is 0 Å². The number of ether oxygens (including phenoxy) is 1. The van der Waals surface area contributed by atoms with Gasteiger partial charge in [-0.05, 0) is 20.3 Å². The van der Waals surface area contributed by atoms with E-state index in [1.807, 2.05) is 0 Å². The van der Waals surface area contributed by atoms with Crippen LogP contribution in [0.25, 0.3) is 0 Å². The Balaban J connectivity index is 2.76. The summed E-state index contributed by atoms with van der Waals surface area (Å²) in [7, 11) is -1.41. The van der Waals surface area contributed by atoms with Gasteiger partial charge in [0.05, 0.1) is 23.7 Å². The fourth-order valence-electron chi connectivity index (χ4n) is 1.70. The lowest BCUT2D eigenvalue weighted by Crippen LogP contribution is -2.48. The van der Waals surface area contributed by atoms with Crippen LogP contribution in [-0.2, 0) is 14.6 Å². The first-order valence-corrected chi connectivity index (χ1v) is 6.74. The minimum absolute atomic E-state index is 0.0231. The Morgan fingerprint density at radius 1 is 1.53 bits per heavy atom. The van der Waals surface area contributed by atoms with Crippen LogP contribution in [0.4, 0.5) is 4.79 Å². The molecule has 1 atom stereocenters. The van der Waals surface area contributed by atoms with E-state index in [-0.39, 0.29) is 11.5 Å². The van der Waals surface area contributed by atoms with Crippen LogP contribution >= 0.6 is 0 Å². The van der Waals surface area contributed by atoms with Crippen LogP contribution in [0.1, 0.15) is 20.3 Å². The average molecular weight is 235 g/mol. The largest absolute Gasteiger partial charge is 0.450 e. The summed E-state index contributed by atoms with van der Waals surface area (Å²) >= 11 is 0. The molecule has 88 valence electrons. The van der Waals surface area contributed by atoms with Crippen molar-refractivity contribution in [2.75, 3.05) is 25.2 Å². The summed E-state index contributed by atoms with van der Waals surface area (Å²) in [5.74, 6) is 0.169. The van der Waals surface area contributed by atoms with Gasteiger partial charge in [0.25, 0.3) is 0 Å². The summed E-state index contributed by atoms with van der Waals surface area (Å²) in [4.78, 5) is 12.8. The van der Waals surface area contributed by atoms with Crippen molar-refractivity contribution in [3.8, 4) is 0 Å². The van der Waals surface area contributed by atoms with Crippen molar-refractivity contribution in [1.29, 1.82) is 0 Å². The molecule has 1 unspecified atom stereocenters. The highest BCUT2D eigenvalue weighted by molar-refractivity contribution is 7.91. The monoisotopic (exact) mass is 235 g/mol. The highest BCUT2D eigenvalue weighted by atomic mass is 32.2. The highest BCUT2D eigenvalue weighted by Crippen LogP contribution is 2.28. The lowest BCUT2D eigenvalue weighted by Gasteiger charge is -2.33. The minimum Gasteiger partial charge on any atom is -0.450 e. The lowest BCUT2D eigenvalue weighted by molar-refractivity contribution is 0.0817. The van der Waals surface area contributed by atoms with Gasteiger partial charge in [0.15, 0.2) is 9.84 Å². The lowest BCUT2D eigenvalue weighted by atomic mass is 10.0. The SMILES string of the molecule is CCOC(=O)N(C)C1(C)CCS(=O)(=O)C1. The number of sulfone groups is 1. The average Bonchev–Trinajstić information content (AvgIpc) is 2.41. The normalized spacial score (nSPS) is 28.7. The molecule has 1 aliphatic rings. The number of amides is 1. The smallest absolute Gasteiger partial charge is 0.409 e. The molecule has 0 spiro atoms. The molecular weight excluding hydrogens is 218 g/mol. The van der Waals surface area contributed by atoms with Crippen LogP contribution in [0.3, 0.4) is 0 Å². The van der Waals surface area contributed by atoms with Crippen molar-refractivity contribution in [2.24, 2.45) is 0 Å². The zero-order chi connectivity index (χ0) is 11.7. The van der Waals surface area contributed by atoms with Gasteiger partial charge in [0, 0.05) is 7.05 Å². The van der Waals surface area contributed by atoms with Crippen molar-refractivity contribution in [3.63, 3.8) is 0 Å². The number of nitrogens with zero attached hydrogens (tertiary/aromatic N) is 1. The summed E-state index contributed by atoms with van der Waals surface area (Å²) in [6.07, 6.45) is 0.0158. The van der Waals surface area contributed by atoms with E-state index in [9.17, 15) is 13.2 Å². The van der Waals surface area contributed by atoms with E-state index in [0.29, 0.717) is 13.0 Å². The van der Waals surface area contributed by atoms with Crippen LogP contribution in [-0.4, -0.2) is 50.1 Å². The molecule has 15 heavy (non-hydrogen) atoms. The number of rotatable bonds is 2. The molecule has 0 saturated carbocycles. The van der Waals surface area contributed by atoms with Crippen molar-refractivity contribution < 1.29 is 17.9 Å². The van der Waals surface area contributed by atoms with E-state index < -0.39 is 21.5 Å². The van der Waals surface area contributed by atoms with Crippen LogP contribution in [0.2, 0.25) is 0 Å². The van der Waals surface area contributed by atoms with E-state index in [1.165, 1.54) is 4.90 Å². The molecule has 0 bridgehead atoms. The molecule has 1 amide bonds. The van der Waals surface area contributed by atoms with Gasteiger partial charge >= 0.3 is 6.09 Å². The van der Waals surface area contributed by atoms with Gasteiger partial charge in [-0.3, -0.25) is 0 Å². The highest BCUT2D eigenvalue weighted by Gasteiger charge is 2.43. The first kappa shape index (κ1) is 12.3. The maximum Gasteiger partial charge on any atom is 0.409 e. The topological polar surface area (TPSA) is 63.7 Å². The van der Waals surface area contributed by atoms with Gasteiger partial charge < -0.3 is 9.64 Å². The van der Waals surface area contributed by atoms with E-state index in [0.717, 1.165) is 0 Å². The summed E-state index contributed by atoms with van der Waals surface area (Å²) in [5, 5.41) is 0.